The summed E-state index contributed by atoms with van der Waals surface area (Å²) in [4.78, 5) is 16.9. The first-order chi connectivity index (χ1) is 10.9. The van der Waals surface area contributed by atoms with Crippen molar-refractivity contribution in [1.29, 1.82) is 0 Å². The van der Waals surface area contributed by atoms with Crippen molar-refractivity contribution in [3.05, 3.63) is 35.9 Å². The highest BCUT2D eigenvalue weighted by atomic mass is 35.5. The molecule has 0 bridgehead atoms. The normalized spacial score (nSPS) is 27.0. The molecule has 1 aromatic rings. The average molecular weight is 355 g/mol. The van der Waals surface area contributed by atoms with Crippen LogP contribution in [-0.2, 0) is 11.2 Å². The van der Waals surface area contributed by atoms with Crippen molar-refractivity contribution in [3.63, 3.8) is 0 Å². The zero-order valence-corrected chi connectivity index (χ0v) is 15.1. The zero-order chi connectivity index (χ0) is 16.5. The van der Waals surface area contributed by atoms with Crippen molar-refractivity contribution in [2.45, 2.75) is 30.5 Å². The molecule has 3 rings (SSSR count). The van der Waals surface area contributed by atoms with Gasteiger partial charge in [0.1, 0.15) is 4.33 Å². The Morgan fingerprint density at radius 2 is 1.74 bits per heavy atom. The molecule has 3 nitrogen and oxygen atoms in total. The van der Waals surface area contributed by atoms with E-state index >= 15 is 0 Å². The molecule has 126 valence electrons. The predicted molar refractivity (Wildman–Crippen MR) is 94.9 cm³/mol. The Labute approximate surface area is 148 Å². The third-order valence-electron chi connectivity index (χ3n) is 5.17. The van der Waals surface area contributed by atoms with Gasteiger partial charge < -0.3 is 4.90 Å². The summed E-state index contributed by atoms with van der Waals surface area (Å²) in [5.41, 5.74) is 0.814. The number of aryl methyl sites for hydroxylation is 1. The minimum absolute atomic E-state index is 0.117. The summed E-state index contributed by atoms with van der Waals surface area (Å²) in [7, 11) is 0. The van der Waals surface area contributed by atoms with Crippen LogP contribution in [0.4, 0.5) is 0 Å². The molecule has 0 spiro atoms. The number of alkyl halides is 2. The van der Waals surface area contributed by atoms with Crippen LogP contribution in [0, 0.1) is 5.41 Å². The third kappa shape index (κ3) is 3.67. The van der Waals surface area contributed by atoms with Gasteiger partial charge >= 0.3 is 0 Å². The van der Waals surface area contributed by atoms with Crippen LogP contribution >= 0.6 is 23.2 Å². The molecule has 1 saturated heterocycles. The van der Waals surface area contributed by atoms with Crippen LogP contribution in [0.5, 0.6) is 0 Å². The number of rotatable bonds is 5. The molecule has 0 aromatic heterocycles. The molecule has 1 heterocycles. The van der Waals surface area contributed by atoms with Gasteiger partial charge in [-0.05, 0) is 38.3 Å². The molecule has 23 heavy (non-hydrogen) atoms. The summed E-state index contributed by atoms with van der Waals surface area (Å²) < 4.78 is -0.864. The highest BCUT2D eigenvalue weighted by Crippen LogP contribution is 2.64. The molecule has 1 unspecified atom stereocenters. The Morgan fingerprint density at radius 3 is 2.30 bits per heavy atom. The summed E-state index contributed by atoms with van der Waals surface area (Å²) in [5.74, 6) is 0.117. The van der Waals surface area contributed by atoms with Gasteiger partial charge in [-0.3, -0.25) is 9.69 Å². The first kappa shape index (κ1) is 17.1. The fraction of sp³-hybridized carbons (Fsp3) is 0.611. The Morgan fingerprint density at radius 1 is 1.13 bits per heavy atom. The highest BCUT2D eigenvalue weighted by molar-refractivity contribution is 6.53. The Balaban J connectivity index is 1.40. The molecule has 2 aliphatic rings. The topological polar surface area (TPSA) is 23.6 Å². The fourth-order valence-electron chi connectivity index (χ4n) is 3.31. The molecule has 1 amide bonds. The SMILES string of the molecule is CC1(C(=O)N2CCN(CCCc3ccccc3)CC2)CC1(Cl)Cl. The van der Waals surface area contributed by atoms with Crippen LogP contribution in [0.3, 0.4) is 0 Å². The van der Waals surface area contributed by atoms with E-state index in [2.05, 4.69) is 35.2 Å². The van der Waals surface area contributed by atoms with Crippen molar-refractivity contribution in [1.82, 2.24) is 9.80 Å². The monoisotopic (exact) mass is 354 g/mol. The van der Waals surface area contributed by atoms with Crippen LogP contribution in [0.1, 0.15) is 25.3 Å². The molecule has 0 N–H and O–H groups in total. The van der Waals surface area contributed by atoms with Crippen LogP contribution in [0.2, 0.25) is 0 Å². The lowest BCUT2D eigenvalue weighted by Gasteiger charge is -2.36. The molecule has 1 aromatic carbocycles. The number of amides is 1. The standard InChI is InChI=1S/C18H24Cl2N2O/c1-17(14-18(17,19)20)16(23)22-12-10-21(11-13-22)9-5-8-15-6-3-2-4-7-15/h2-4,6-7H,5,8-14H2,1H3. The van der Waals surface area contributed by atoms with E-state index in [0.717, 1.165) is 45.6 Å². The zero-order valence-electron chi connectivity index (χ0n) is 13.6. The lowest BCUT2D eigenvalue weighted by Crippen LogP contribution is -2.51. The van der Waals surface area contributed by atoms with Gasteiger partial charge in [-0.15, -0.1) is 23.2 Å². The molecule has 1 aliphatic carbocycles. The van der Waals surface area contributed by atoms with Crippen molar-refractivity contribution in [2.75, 3.05) is 32.7 Å². The fourth-order valence-corrected chi connectivity index (χ4v) is 4.00. The van der Waals surface area contributed by atoms with E-state index in [1.165, 1.54) is 5.56 Å². The molecule has 1 atom stereocenters. The number of benzene rings is 1. The summed E-state index contributed by atoms with van der Waals surface area (Å²) >= 11 is 12.3. The highest BCUT2D eigenvalue weighted by Gasteiger charge is 2.68. The maximum atomic E-state index is 12.5. The van der Waals surface area contributed by atoms with Crippen molar-refractivity contribution < 1.29 is 4.79 Å². The predicted octanol–water partition coefficient (Wildman–Crippen LogP) is 3.35. The van der Waals surface area contributed by atoms with Gasteiger partial charge in [0.2, 0.25) is 5.91 Å². The molecule has 5 heteroatoms. The van der Waals surface area contributed by atoms with Gasteiger partial charge in [-0.25, -0.2) is 0 Å². The van der Waals surface area contributed by atoms with E-state index < -0.39 is 9.75 Å². The second kappa shape index (κ2) is 6.62. The summed E-state index contributed by atoms with van der Waals surface area (Å²) in [6.45, 7) is 6.40. The number of nitrogens with zero attached hydrogens (tertiary/aromatic N) is 2. The average Bonchev–Trinajstić information content (AvgIpc) is 3.08. The number of hydrogen-bond acceptors (Lipinski definition) is 2. The minimum Gasteiger partial charge on any atom is -0.340 e. The molecule has 1 aliphatic heterocycles. The molecule has 2 fully saturated rings. The number of carbonyl (C=O) groups is 1. The summed E-state index contributed by atoms with van der Waals surface area (Å²) in [5, 5.41) is 0. The minimum atomic E-state index is -0.864. The quantitative estimate of drug-likeness (QED) is 0.757. The number of hydrogen-bond donors (Lipinski definition) is 0. The Bertz CT molecular complexity index is 555. The van der Waals surface area contributed by atoms with E-state index in [0.29, 0.717) is 6.42 Å². The number of piperazine rings is 1. The largest absolute Gasteiger partial charge is 0.340 e. The van der Waals surface area contributed by atoms with E-state index in [-0.39, 0.29) is 5.91 Å². The van der Waals surface area contributed by atoms with Crippen molar-refractivity contribution in [3.8, 4) is 0 Å². The molecule has 0 radical (unpaired) electrons. The molecular weight excluding hydrogens is 331 g/mol. The van der Waals surface area contributed by atoms with E-state index in [1.54, 1.807) is 0 Å². The Kier molecular flexibility index (Phi) is 4.91. The van der Waals surface area contributed by atoms with Crippen molar-refractivity contribution >= 4 is 29.1 Å². The van der Waals surface area contributed by atoms with Gasteiger partial charge in [0, 0.05) is 26.2 Å². The van der Waals surface area contributed by atoms with Gasteiger partial charge in [-0.1, -0.05) is 30.3 Å². The van der Waals surface area contributed by atoms with Crippen LogP contribution in [0.25, 0.3) is 0 Å². The van der Waals surface area contributed by atoms with E-state index in [1.807, 2.05) is 11.8 Å². The van der Waals surface area contributed by atoms with Gasteiger partial charge in [0.25, 0.3) is 0 Å². The number of halogens is 2. The maximum Gasteiger partial charge on any atom is 0.231 e. The van der Waals surface area contributed by atoms with Gasteiger partial charge in [0.15, 0.2) is 0 Å². The van der Waals surface area contributed by atoms with Crippen LogP contribution in [0.15, 0.2) is 30.3 Å². The molecular formula is C18H24Cl2N2O. The second-order valence-electron chi connectivity index (χ2n) is 6.94. The molecule has 1 saturated carbocycles. The first-order valence-corrected chi connectivity index (χ1v) is 9.11. The summed E-state index contributed by atoms with van der Waals surface area (Å²) in [6, 6.07) is 10.6. The Hall–Kier alpha value is -0.770. The van der Waals surface area contributed by atoms with Gasteiger partial charge in [0.05, 0.1) is 5.41 Å². The summed E-state index contributed by atoms with van der Waals surface area (Å²) in [6.07, 6.45) is 2.83. The van der Waals surface area contributed by atoms with Gasteiger partial charge in [-0.2, -0.15) is 0 Å². The lowest BCUT2D eigenvalue weighted by molar-refractivity contribution is -0.138. The van der Waals surface area contributed by atoms with E-state index in [9.17, 15) is 4.79 Å². The lowest BCUT2D eigenvalue weighted by atomic mass is 10.1. The van der Waals surface area contributed by atoms with Crippen LogP contribution in [-0.4, -0.2) is 52.8 Å². The number of carbonyl (C=O) groups excluding carboxylic acids is 1. The maximum absolute atomic E-state index is 12.5. The van der Waals surface area contributed by atoms with Crippen molar-refractivity contribution in [2.24, 2.45) is 5.41 Å². The van der Waals surface area contributed by atoms with Crippen LogP contribution < -0.4 is 0 Å². The third-order valence-corrected chi connectivity index (χ3v) is 6.27. The smallest absolute Gasteiger partial charge is 0.231 e. The first-order valence-electron chi connectivity index (χ1n) is 8.36. The van der Waals surface area contributed by atoms with E-state index in [4.69, 9.17) is 23.2 Å². The second-order valence-corrected chi connectivity index (χ2v) is 8.42.